The lowest BCUT2D eigenvalue weighted by atomic mass is 10.1. The van der Waals surface area contributed by atoms with Crippen molar-refractivity contribution in [1.29, 1.82) is 0 Å². The van der Waals surface area contributed by atoms with Gasteiger partial charge in [-0.2, -0.15) is 0 Å². The number of hydrogen-bond acceptors (Lipinski definition) is 4. The van der Waals surface area contributed by atoms with Gasteiger partial charge < -0.3 is 10.2 Å². The molecule has 196 valence electrons. The van der Waals surface area contributed by atoms with Gasteiger partial charge in [-0.1, -0.05) is 31.0 Å². The van der Waals surface area contributed by atoms with Crippen LogP contribution in [0.3, 0.4) is 0 Å². The van der Waals surface area contributed by atoms with Crippen molar-refractivity contribution in [2.75, 3.05) is 17.1 Å². The summed E-state index contributed by atoms with van der Waals surface area (Å²) in [5, 5.41) is 2.99. The Morgan fingerprint density at radius 3 is 2.31 bits per heavy atom. The molecule has 36 heavy (non-hydrogen) atoms. The topological polar surface area (TPSA) is 86.8 Å². The van der Waals surface area contributed by atoms with Crippen molar-refractivity contribution in [3.05, 3.63) is 65.7 Å². The Hall–Kier alpha value is -3.01. The van der Waals surface area contributed by atoms with E-state index in [0.29, 0.717) is 5.69 Å². The van der Waals surface area contributed by atoms with Gasteiger partial charge in [0.1, 0.15) is 17.7 Å². The molecule has 1 aliphatic rings. The van der Waals surface area contributed by atoms with Gasteiger partial charge in [-0.05, 0) is 56.5 Å². The molecule has 0 saturated heterocycles. The van der Waals surface area contributed by atoms with Gasteiger partial charge in [0.15, 0.2) is 0 Å². The van der Waals surface area contributed by atoms with Crippen molar-refractivity contribution in [2.24, 2.45) is 0 Å². The third-order valence-electron chi connectivity index (χ3n) is 6.43. The van der Waals surface area contributed by atoms with E-state index in [1.807, 2.05) is 0 Å². The van der Waals surface area contributed by atoms with E-state index in [1.165, 1.54) is 35.2 Å². The number of nitrogens with zero attached hydrogens (tertiary/aromatic N) is 2. The third kappa shape index (κ3) is 7.49. The van der Waals surface area contributed by atoms with Crippen LogP contribution in [0.5, 0.6) is 0 Å². The molecule has 0 aromatic heterocycles. The monoisotopic (exact) mass is 521 g/mol. The number of anilines is 1. The van der Waals surface area contributed by atoms with Crippen LogP contribution in [-0.2, 0) is 26.2 Å². The van der Waals surface area contributed by atoms with Crippen molar-refractivity contribution < 1.29 is 26.8 Å². The molecule has 0 bridgehead atoms. The maximum atomic E-state index is 14.4. The zero-order valence-corrected chi connectivity index (χ0v) is 21.4. The van der Waals surface area contributed by atoms with Crippen LogP contribution in [0.1, 0.15) is 51.0 Å². The molecule has 1 N–H and O–H groups in total. The predicted molar refractivity (Wildman–Crippen MR) is 135 cm³/mol. The highest BCUT2D eigenvalue weighted by molar-refractivity contribution is 7.92. The van der Waals surface area contributed by atoms with E-state index >= 15 is 0 Å². The van der Waals surface area contributed by atoms with E-state index in [2.05, 4.69) is 5.32 Å². The molecular formula is C26H33F2N3O4S. The maximum Gasteiger partial charge on any atom is 0.242 e. The normalized spacial score (nSPS) is 14.9. The Bertz CT molecular complexity index is 1150. The van der Waals surface area contributed by atoms with E-state index in [4.69, 9.17) is 0 Å². The minimum atomic E-state index is -3.67. The van der Waals surface area contributed by atoms with Crippen LogP contribution in [0, 0.1) is 11.6 Å². The molecule has 0 spiro atoms. The first-order valence-electron chi connectivity index (χ1n) is 12.1. The Morgan fingerprint density at radius 2 is 1.69 bits per heavy atom. The van der Waals surface area contributed by atoms with Crippen LogP contribution in [0.4, 0.5) is 14.5 Å². The van der Waals surface area contributed by atoms with Crippen LogP contribution >= 0.6 is 0 Å². The van der Waals surface area contributed by atoms with Gasteiger partial charge in [-0.3, -0.25) is 13.9 Å². The zero-order valence-electron chi connectivity index (χ0n) is 20.6. The number of nitrogens with one attached hydrogen (secondary N) is 1. The number of halogens is 2. The summed E-state index contributed by atoms with van der Waals surface area (Å²) >= 11 is 0. The van der Waals surface area contributed by atoms with Gasteiger partial charge in [0.2, 0.25) is 21.8 Å². The molecule has 7 nitrogen and oxygen atoms in total. The van der Waals surface area contributed by atoms with E-state index in [1.54, 1.807) is 25.1 Å². The number of carbonyl (C=O) groups excluding carboxylic acids is 2. The highest BCUT2D eigenvalue weighted by atomic mass is 32.2. The van der Waals surface area contributed by atoms with Gasteiger partial charge in [-0.15, -0.1) is 0 Å². The molecule has 0 heterocycles. The minimum absolute atomic E-state index is 0.00754. The van der Waals surface area contributed by atoms with E-state index < -0.39 is 27.7 Å². The van der Waals surface area contributed by atoms with Gasteiger partial charge in [0, 0.05) is 31.1 Å². The standard InChI is InChI=1S/C26H33F2N3O4S/c1-19(26(33)29-22-9-4-5-10-22)30(18-20-8-3-6-11-24(20)28)25(32)12-7-17-31(36(2,34)35)23-15-13-21(27)14-16-23/h3,6,8,11,13-16,19,22H,4-5,7,9-10,12,17-18H2,1-2H3,(H,29,33). The molecule has 1 saturated carbocycles. The fraction of sp³-hybridized carbons (Fsp3) is 0.462. The molecule has 1 aliphatic carbocycles. The number of carbonyl (C=O) groups is 2. The van der Waals surface area contributed by atoms with E-state index in [0.717, 1.165) is 36.2 Å². The van der Waals surface area contributed by atoms with Crippen LogP contribution in [0.2, 0.25) is 0 Å². The predicted octanol–water partition coefficient (Wildman–Crippen LogP) is 3.99. The quantitative estimate of drug-likeness (QED) is 0.485. The lowest BCUT2D eigenvalue weighted by molar-refractivity contribution is -0.141. The second kappa shape index (κ2) is 12.3. The van der Waals surface area contributed by atoms with Crippen molar-refractivity contribution in [3.8, 4) is 0 Å². The fourth-order valence-corrected chi connectivity index (χ4v) is 5.36. The fourth-order valence-electron chi connectivity index (χ4n) is 4.40. The summed E-state index contributed by atoms with van der Waals surface area (Å²) in [6, 6.07) is 10.4. The molecule has 2 aromatic carbocycles. The number of sulfonamides is 1. The first kappa shape index (κ1) is 27.6. The largest absolute Gasteiger partial charge is 0.352 e. The van der Waals surface area contributed by atoms with E-state index in [9.17, 15) is 26.8 Å². The van der Waals surface area contributed by atoms with E-state index in [-0.39, 0.29) is 49.4 Å². The second-order valence-corrected chi connectivity index (χ2v) is 11.1. The molecule has 2 aromatic rings. The summed E-state index contributed by atoms with van der Waals surface area (Å²) in [6.07, 6.45) is 5.02. The Morgan fingerprint density at radius 1 is 1.06 bits per heavy atom. The summed E-state index contributed by atoms with van der Waals surface area (Å²) in [5.74, 6) is -1.65. The molecule has 1 unspecified atom stereocenters. The summed E-state index contributed by atoms with van der Waals surface area (Å²) in [6.45, 7) is 1.52. The molecule has 1 atom stereocenters. The summed E-state index contributed by atoms with van der Waals surface area (Å²) < 4.78 is 53.4. The van der Waals surface area contributed by atoms with Crippen LogP contribution in [-0.4, -0.2) is 50.0 Å². The highest BCUT2D eigenvalue weighted by Gasteiger charge is 2.29. The molecule has 1 fully saturated rings. The lowest BCUT2D eigenvalue weighted by Crippen LogP contribution is -2.49. The Kier molecular flexibility index (Phi) is 9.42. The zero-order chi connectivity index (χ0) is 26.3. The Labute approximate surface area is 211 Å². The van der Waals surface area contributed by atoms with Crippen LogP contribution < -0.4 is 9.62 Å². The molecule has 2 amide bonds. The molecule has 0 aliphatic heterocycles. The van der Waals surface area contributed by atoms with Gasteiger partial charge in [0.05, 0.1) is 11.9 Å². The number of hydrogen-bond donors (Lipinski definition) is 1. The number of benzene rings is 2. The summed E-state index contributed by atoms with van der Waals surface area (Å²) in [4.78, 5) is 27.5. The number of rotatable bonds is 11. The highest BCUT2D eigenvalue weighted by Crippen LogP contribution is 2.21. The molecule has 10 heteroatoms. The van der Waals surface area contributed by atoms with Gasteiger partial charge in [-0.25, -0.2) is 17.2 Å². The van der Waals surface area contributed by atoms with Crippen LogP contribution in [0.25, 0.3) is 0 Å². The Balaban J connectivity index is 1.72. The maximum absolute atomic E-state index is 14.4. The van der Waals surface area contributed by atoms with Crippen molar-refractivity contribution in [1.82, 2.24) is 10.2 Å². The minimum Gasteiger partial charge on any atom is -0.352 e. The SMILES string of the molecule is CC(C(=O)NC1CCCC1)N(Cc1ccccc1F)C(=O)CCCN(c1ccc(F)cc1)S(C)(=O)=O. The second-order valence-electron chi connectivity index (χ2n) is 9.19. The average molecular weight is 522 g/mol. The molecular weight excluding hydrogens is 488 g/mol. The third-order valence-corrected chi connectivity index (χ3v) is 7.63. The van der Waals surface area contributed by atoms with Crippen LogP contribution in [0.15, 0.2) is 48.5 Å². The van der Waals surface area contributed by atoms with Gasteiger partial charge in [0.25, 0.3) is 0 Å². The average Bonchev–Trinajstić information content (AvgIpc) is 3.34. The molecule has 0 radical (unpaired) electrons. The summed E-state index contributed by atoms with van der Waals surface area (Å²) in [5.41, 5.74) is 0.578. The van der Waals surface area contributed by atoms with Crippen molar-refractivity contribution >= 4 is 27.5 Å². The van der Waals surface area contributed by atoms with Crippen molar-refractivity contribution in [2.45, 2.75) is 64.1 Å². The lowest BCUT2D eigenvalue weighted by Gasteiger charge is -2.30. The van der Waals surface area contributed by atoms with Gasteiger partial charge >= 0.3 is 0 Å². The smallest absolute Gasteiger partial charge is 0.242 e. The first-order chi connectivity index (χ1) is 17.1. The van der Waals surface area contributed by atoms with Crippen molar-refractivity contribution in [3.63, 3.8) is 0 Å². The molecule has 3 rings (SSSR count). The summed E-state index contributed by atoms with van der Waals surface area (Å²) in [7, 11) is -3.67. The first-order valence-corrected chi connectivity index (χ1v) is 14.0. The number of amides is 2.